The smallest absolute Gasteiger partial charge is 0.118 e. The Morgan fingerprint density at radius 3 is 2.17 bits per heavy atom. The molecule has 0 aliphatic rings. The van der Waals surface area contributed by atoms with Crippen LogP contribution < -0.4 is 0 Å². The normalized spacial score (nSPS) is 9.65. The van der Waals surface area contributed by atoms with Gasteiger partial charge in [-0.2, -0.15) is 0 Å². The molecule has 2 heterocycles. The third-order valence-corrected chi connectivity index (χ3v) is 3.30. The van der Waals surface area contributed by atoms with Crippen LogP contribution in [0.25, 0.3) is 17.0 Å². The fourth-order valence-electron chi connectivity index (χ4n) is 1.91. The van der Waals surface area contributed by atoms with Crippen molar-refractivity contribution < 1.29 is 5.11 Å². The van der Waals surface area contributed by atoms with E-state index in [0.29, 0.717) is 5.75 Å². The van der Waals surface area contributed by atoms with E-state index in [2.05, 4.69) is 16.5 Å². The molecule has 116 valence electrons. The molecule has 3 aromatic rings. The molecule has 23 heavy (non-hydrogen) atoms. The lowest BCUT2D eigenvalue weighted by Crippen LogP contribution is -1.88. The van der Waals surface area contributed by atoms with Gasteiger partial charge in [0.05, 0.1) is 11.4 Å². The second-order valence-electron chi connectivity index (χ2n) is 5.21. The maximum atomic E-state index is 8.92. The van der Waals surface area contributed by atoms with Crippen molar-refractivity contribution in [3.63, 3.8) is 0 Å². The summed E-state index contributed by atoms with van der Waals surface area (Å²) in [5.41, 5.74) is 4.84. The van der Waals surface area contributed by atoms with E-state index in [-0.39, 0.29) is 0 Å². The summed E-state index contributed by atoms with van der Waals surface area (Å²) in [6.45, 7) is 7.77. The number of para-hydroxylation sites is 1. The number of aryl methyl sites for hydroxylation is 1. The Morgan fingerprint density at radius 1 is 0.913 bits per heavy atom. The van der Waals surface area contributed by atoms with Crippen LogP contribution in [0.4, 0.5) is 0 Å². The fourth-order valence-corrected chi connectivity index (χ4v) is 1.91. The first-order valence-corrected chi connectivity index (χ1v) is 7.36. The molecule has 0 unspecified atom stereocenters. The molecule has 0 fully saturated rings. The van der Waals surface area contributed by atoms with E-state index < -0.39 is 0 Å². The average molecular weight is 304 g/mol. The van der Waals surface area contributed by atoms with Gasteiger partial charge in [0.25, 0.3) is 0 Å². The van der Waals surface area contributed by atoms with Crippen LogP contribution in [0.1, 0.15) is 18.1 Å². The minimum atomic E-state index is 0.368. The van der Waals surface area contributed by atoms with E-state index >= 15 is 0 Å². The van der Waals surface area contributed by atoms with Crippen molar-refractivity contribution in [1.82, 2.24) is 9.97 Å². The monoisotopic (exact) mass is 304 g/mol. The van der Waals surface area contributed by atoms with Crippen molar-refractivity contribution in [3.05, 3.63) is 84.7 Å². The van der Waals surface area contributed by atoms with Gasteiger partial charge in [0, 0.05) is 12.4 Å². The number of hydrogen-bond acceptors (Lipinski definition) is 3. The lowest BCUT2D eigenvalue weighted by molar-refractivity contribution is 0.471. The second-order valence-corrected chi connectivity index (χ2v) is 5.21. The Kier molecular flexibility index (Phi) is 5.64. The van der Waals surface area contributed by atoms with Gasteiger partial charge in [-0.15, -0.1) is 0 Å². The summed E-state index contributed by atoms with van der Waals surface area (Å²) >= 11 is 0. The average Bonchev–Trinajstić information content (AvgIpc) is 2.59. The first kappa shape index (κ1) is 16.4. The summed E-state index contributed by atoms with van der Waals surface area (Å²) in [6, 6.07) is 17.0. The molecule has 0 aliphatic carbocycles. The molecule has 3 heteroatoms. The molecule has 0 saturated heterocycles. The number of pyridine rings is 2. The van der Waals surface area contributed by atoms with Crippen LogP contribution in [0.2, 0.25) is 0 Å². The number of hydrogen-bond donors (Lipinski definition) is 1. The summed E-state index contributed by atoms with van der Waals surface area (Å²) in [4.78, 5) is 8.55. The molecule has 0 bridgehead atoms. The third-order valence-electron chi connectivity index (χ3n) is 3.30. The first-order chi connectivity index (χ1) is 11.1. The molecule has 0 atom stereocenters. The molecule has 1 N–H and O–H groups in total. The highest BCUT2D eigenvalue weighted by Gasteiger charge is 2.01. The fraction of sp³-hybridized carbons (Fsp3) is 0.100. The summed E-state index contributed by atoms with van der Waals surface area (Å²) in [5.74, 6) is 0.368. The van der Waals surface area contributed by atoms with Crippen molar-refractivity contribution in [2.45, 2.75) is 13.8 Å². The Balaban J connectivity index is 0.000000203. The quantitative estimate of drug-likeness (QED) is 0.734. The van der Waals surface area contributed by atoms with Crippen LogP contribution in [0.5, 0.6) is 5.75 Å². The number of aromatic hydroxyl groups is 1. The molecule has 0 radical (unpaired) electrons. The van der Waals surface area contributed by atoms with Crippen molar-refractivity contribution >= 4 is 5.57 Å². The SMILES string of the molecule is C=C(C)c1ccnc(-c2ccccn2)c1.Cc1ccccc1O. The van der Waals surface area contributed by atoms with Gasteiger partial charge >= 0.3 is 0 Å². The Bertz CT molecular complexity index is 761. The highest BCUT2D eigenvalue weighted by Crippen LogP contribution is 2.18. The predicted molar refractivity (Wildman–Crippen MR) is 95.0 cm³/mol. The molecule has 2 aromatic heterocycles. The molecule has 0 saturated carbocycles. The van der Waals surface area contributed by atoms with Crippen LogP contribution in [0, 0.1) is 6.92 Å². The minimum Gasteiger partial charge on any atom is -0.508 e. The highest BCUT2D eigenvalue weighted by atomic mass is 16.3. The zero-order valence-electron chi connectivity index (χ0n) is 13.4. The topological polar surface area (TPSA) is 46.0 Å². The number of phenolic OH excluding ortho intramolecular Hbond substituents is 1. The third kappa shape index (κ3) is 4.78. The Hall–Kier alpha value is -2.94. The van der Waals surface area contributed by atoms with Crippen LogP contribution in [0.15, 0.2) is 73.6 Å². The molecule has 3 nitrogen and oxygen atoms in total. The number of rotatable bonds is 2. The van der Waals surface area contributed by atoms with Gasteiger partial charge in [0.15, 0.2) is 0 Å². The molecule has 1 aromatic carbocycles. The lowest BCUT2D eigenvalue weighted by Gasteiger charge is -2.02. The summed E-state index contributed by atoms with van der Waals surface area (Å²) in [6.07, 6.45) is 3.55. The van der Waals surface area contributed by atoms with E-state index in [1.54, 1.807) is 18.5 Å². The molecular weight excluding hydrogens is 284 g/mol. The predicted octanol–water partition coefficient (Wildman–Crippen LogP) is 4.88. The number of phenols is 1. The zero-order valence-corrected chi connectivity index (χ0v) is 13.4. The van der Waals surface area contributed by atoms with Crippen molar-refractivity contribution in [1.29, 1.82) is 0 Å². The summed E-state index contributed by atoms with van der Waals surface area (Å²) in [5, 5.41) is 8.92. The van der Waals surface area contributed by atoms with Gasteiger partial charge in [0.2, 0.25) is 0 Å². The van der Waals surface area contributed by atoms with E-state index in [0.717, 1.165) is 28.1 Å². The van der Waals surface area contributed by atoms with E-state index in [9.17, 15) is 0 Å². The van der Waals surface area contributed by atoms with E-state index in [1.807, 2.05) is 62.4 Å². The van der Waals surface area contributed by atoms with Crippen molar-refractivity contribution in [2.24, 2.45) is 0 Å². The number of benzene rings is 1. The maximum Gasteiger partial charge on any atom is 0.118 e. The summed E-state index contributed by atoms with van der Waals surface area (Å²) in [7, 11) is 0. The standard InChI is InChI=1S/C13H12N2.C7H8O/c1-10(2)11-6-8-15-13(9-11)12-5-3-4-7-14-12;1-6-4-2-3-5-7(6)8/h3-9H,1H2,2H3;2-5,8H,1H3. The Labute approximate surface area is 137 Å². The number of aromatic nitrogens is 2. The molecule has 0 aliphatic heterocycles. The second kappa shape index (κ2) is 7.90. The largest absolute Gasteiger partial charge is 0.508 e. The van der Waals surface area contributed by atoms with Crippen LogP contribution in [-0.2, 0) is 0 Å². The molecule has 0 spiro atoms. The van der Waals surface area contributed by atoms with Crippen molar-refractivity contribution in [2.75, 3.05) is 0 Å². The number of nitrogens with zero attached hydrogens (tertiary/aromatic N) is 2. The van der Waals surface area contributed by atoms with Crippen LogP contribution >= 0.6 is 0 Å². The number of allylic oxidation sites excluding steroid dienone is 1. The van der Waals surface area contributed by atoms with Gasteiger partial charge in [-0.1, -0.05) is 36.4 Å². The van der Waals surface area contributed by atoms with Gasteiger partial charge < -0.3 is 5.11 Å². The van der Waals surface area contributed by atoms with Crippen LogP contribution in [0.3, 0.4) is 0 Å². The maximum absolute atomic E-state index is 8.92. The first-order valence-electron chi connectivity index (χ1n) is 7.36. The van der Waals surface area contributed by atoms with E-state index in [4.69, 9.17) is 5.11 Å². The zero-order chi connectivity index (χ0) is 16.7. The molecular formula is C20H20N2O. The van der Waals surface area contributed by atoms with Gasteiger partial charge in [-0.25, -0.2) is 0 Å². The molecule has 3 rings (SSSR count). The van der Waals surface area contributed by atoms with E-state index in [1.165, 1.54) is 0 Å². The lowest BCUT2D eigenvalue weighted by atomic mass is 10.1. The van der Waals surface area contributed by atoms with Gasteiger partial charge in [-0.3, -0.25) is 9.97 Å². The van der Waals surface area contributed by atoms with Crippen molar-refractivity contribution in [3.8, 4) is 17.1 Å². The minimum absolute atomic E-state index is 0.368. The molecule has 0 amide bonds. The van der Waals surface area contributed by atoms with Crippen LogP contribution in [-0.4, -0.2) is 15.1 Å². The highest BCUT2D eigenvalue weighted by molar-refractivity contribution is 5.66. The van der Waals surface area contributed by atoms with Gasteiger partial charge in [-0.05, 0) is 55.3 Å². The Morgan fingerprint density at radius 2 is 1.61 bits per heavy atom. The van der Waals surface area contributed by atoms with Gasteiger partial charge in [0.1, 0.15) is 5.75 Å². The summed E-state index contributed by atoms with van der Waals surface area (Å²) < 4.78 is 0.